The predicted molar refractivity (Wildman–Crippen MR) is 75.6 cm³/mol. The van der Waals surface area contributed by atoms with Crippen LogP contribution < -0.4 is 16.6 Å². The number of halogens is 2. The second-order valence-electron chi connectivity index (χ2n) is 4.48. The molecule has 0 unspecified atom stereocenters. The summed E-state index contributed by atoms with van der Waals surface area (Å²) in [6, 6.07) is 1.54. The van der Waals surface area contributed by atoms with Crippen molar-refractivity contribution >= 4 is 34.8 Å². The fourth-order valence-electron chi connectivity index (χ4n) is 1.87. The highest BCUT2D eigenvalue weighted by Crippen LogP contribution is 2.29. The van der Waals surface area contributed by atoms with Crippen molar-refractivity contribution in [3.8, 4) is 0 Å². The maximum absolute atomic E-state index is 10.3. The van der Waals surface area contributed by atoms with E-state index in [-0.39, 0.29) is 0 Å². The van der Waals surface area contributed by atoms with E-state index in [0.29, 0.717) is 54.3 Å². The molecule has 1 saturated heterocycles. The van der Waals surface area contributed by atoms with Gasteiger partial charge in [-0.15, -0.1) is 0 Å². The van der Waals surface area contributed by atoms with Crippen LogP contribution in [0.1, 0.15) is 12.8 Å². The van der Waals surface area contributed by atoms with Gasteiger partial charge in [0, 0.05) is 32.6 Å². The quantitative estimate of drug-likeness (QED) is 0.499. The zero-order valence-corrected chi connectivity index (χ0v) is 11.8. The highest BCUT2D eigenvalue weighted by atomic mass is 35.5. The summed E-state index contributed by atoms with van der Waals surface area (Å²) in [4.78, 5) is 4.15. The third-order valence-electron chi connectivity index (χ3n) is 3.07. The molecule has 2 heterocycles. The molecule has 106 valence electrons. The second-order valence-corrected chi connectivity index (χ2v) is 5.30. The molecule has 0 spiro atoms. The Hall–Kier alpha value is -0.790. The Bertz CT molecular complexity index is 453. The van der Waals surface area contributed by atoms with E-state index in [2.05, 4.69) is 15.7 Å². The maximum Gasteiger partial charge on any atom is 0.161 e. The third-order valence-corrected chi connectivity index (χ3v) is 3.65. The molecule has 0 bridgehead atoms. The minimum absolute atomic E-state index is 0.326. The molecule has 0 saturated carbocycles. The molecular weight excluding hydrogens is 291 g/mol. The van der Waals surface area contributed by atoms with Crippen LogP contribution in [0, 0.1) is 0 Å². The number of aliphatic hydroxyl groups is 1. The van der Waals surface area contributed by atoms with Gasteiger partial charge in [0.05, 0.1) is 15.6 Å². The van der Waals surface area contributed by atoms with E-state index in [0.717, 1.165) is 0 Å². The number of rotatable bonds is 4. The molecule has 1 aliphatic heterocycles. The topological polar surface area (TPSA) is 92.4 Å². The Kier molecular flexibility index (Phi) is 4.70. The summed E-state index contributed by atoms with van der Waals surface area (Å²) in [5.41, 5.74) is 1.58. The van der Waals surface area contributed by atoms with E-state index < -0.39 is 5.60 Å². The van der Waals surface area contributed by atoms with E-state index in [1.54, 1.807) is 6.07 Å². The minimum atomic E-state index is -0.806. The highest BCUT2D eigenvalue weighted by Gasteiger charge is 2.29. The fraction of sp³-hybridized carbons (Fsp3) is 0.545. The number of ether oxygens (including phenoxy) is 1. The number of anilines is 2. The molecule has 1 aliphatic rings. The second kappa shape index (κ2) is 6.11. The summed E-state index contributed by atoms with van der Waals surface area (Å²) in [5.74, 6) is 6.06. The molecule has 5 N–H and O–H groups in total. The van der Waals surface area contributed by atoms with Crippen LogP contribution in [-0.4, -0.2) is 35.5 Å². The van der Waals surface area contributed by atoms with E-state index in [4.69, 9.17) is 33.8 Å². The molecule has 1 aromatic heterocycles. The van der Waals surface area contributed by atoms with E-state index in [9.17, 15) is 5.11 Å². The number of nitrogens with one attached hydrogen (secondary N) is 2. The van der Waals surface area contributed by atoms with E-state index >= 15 is 0 Å². The van der Waals surface area contributed by atoms with Crippen LogP contribution in [0.3, 0.4) is 0 Å². The normalized spacial score (nSPS) is 18.1. The zero-order valence-electron chi connectivity index (χ0n) is 10.2. The van der Waals surface area contributed by atoms with Crippen molar-refractivity contribution in [3.63, 3.8) is 0 Å². The SMILES string of the molecule is NNc1nc(NCC2(O)CCOCC2)c(Cl)cc1Cl. The van der Waals surface area contributed by atoms with Crippen LogP contribution in [0.4, 0.5) is 11.6 Å². The Balaban J connectivity index is 2.06. The lowest BCUT2D eigenvalue weighted by atomic mass is 9.94. The Morgan fingerprint density at radius 1 is 1.32 bits per heavy atom. The van der Waals surface area contributed by atoms with Gasteiger partial charge in [-0.25, -0.2) is 10.8 Å². The predicted octanol–water partition coefficient (Wildman–Crippen LogP) is 1.63. The Morgan fingerprint density at radius 2 is 1.95 bits per heavy atom. The van der Waals surface area contributed by atoms with Crippen molar-refractivity contribution in [1.29, 1.82) is 0 Å². The third kappa shape index (κ3) is 3.61. The van der Waals surface area contributed by atoms with Crippen molar-refractivity contribution in [2.24, 2.45) is 5.84 Å². The van der Waals surface area contributed by atoms with Crippen molar-refractivity contribution in [3.05, 3.63) is 16.1 Å². The molecule has 8 heteroatoms. The monoisotopic (exact) mass is 306 g/mol. The minimum Gasteiger partial charge on any atom is -0.388 e. The summed E-state index contributed by atoms with van der Waals surface area (Å²) in [6.45, 7) is 1.44. The van der Waals surface area contributed by atoms with Crippen molar-refractivity contribution in [2.75, 3.05) is 30.5 Å². The van der Waals surface area contributed by atoms with Crippen LogP contribution in [0.15, 0.2) is 6.07 Å². The van der Waals surface area contributed by atoms with Crippen LogP contribution in [0.5, 0.6) is 0 Å². The number of pyridine rings is 1. The summed E-state index contributed by atoms with van der Waals surface area (Å²) in [7, 11) is 0. The van der Waals surface area contributed by atoms with Gasteiger partial charge in [-0.2, -0.15) is 0 Å². The summed E-state index contributed by atoms with van der Waals surface area (Å²) >= 11 is 11.9. The number of hydrogen-bond acceptors (Lipinski definition) is 6. The maximum atomic E-state index is 10.3. The Labute approximate surface area is 121 Å². The molecule has 19 heavy (non-hydrogen) atoms. The van der Waals surface area contributed by atoms with Crippen LogP contribution >= 0.6 is 23.2 Å². The first-order valence-electron chi connectivity index (χ1n) is 5.91. The number of hydrazine groups is 1. The van der Waals surface area contributed by atoms with Crippen molar-refractivity contribution in [1.82, 2.24) is 4.98 Å². The number of nitrogen functional groups attached to an aromatic ring is 1. The van der Waals surface area contributed by atoms with Gasteiger partial charge >= 0.3 is 0 Å². The first-order chi connectivity index (χ1) is 9.04. The first-order valence-corrected chi connectivity index (χ1v) is 6.66. The number of nitrogens with zero attached hydrogens (tertiary/aromatic N) is 1. The molecule has 1 aromatic rings. The lowest BCUT2D eigenvalue weighted by Gasteiger charge is -2.32. The van der Waals surface area contributed by atoms with E-state index in [1.165, 1.54) is 0 Å². The van der Waals surface area contributed by atoms with Gasteiger partial charge in [-0.3, -0.25) is 0 Å². The van der Waals surface area contributed by atoms with Gasteiger partial charge in [0.1, 0.15) is 5.82 Å². The van der Waals surface area contributed by atoms with Crippen LogP contribution in [-0.2, 0) is 4.74 Å². The molecule has 0 aliphatic carbocycles. The molecular formula is C11H16Cl2N4O2. The van der Waals surface area contributed by atoms with Gasteiger partial charge in [0.15, 0.2) is 5.82 Å². The zero-order chi connectivity index (χ0) is 13.9. The average Bonchev–Trinajstić information content (AvgIpc) is 2.39. The molecule has 0 amide bonds. The molecule has 0 radical (unpaired) electrons. The van der Waals surface area contributed by atoms with Gasteiger partial charge in [0.25, 0.3) is 0 Å². The van der Waals surface area contributed by atoms with Gasteiger partial charge < -0.3 is 20.6 Å². The molecule has 0 atom stereocenters. The smallest absolute Gasteiger partial charge is 0.161 e. The van der Waals surface area contributed by atoms with Gasteiger partial charge in [0.2, 0.25) is 0 Å². The van der Waals surface area contributed by atoms with Crippen molar-refractivity contribution < 1.29 is 9.84 Å². The van der Waals surface area contributed by atoms with Gasteiger partial charge in [-0.1, -0.05) is 23.2 Å². The standard InChI is InChI=1S/C11H16Cl2N4O2/c12-7-5-8(13)10(17-14)16-9(7)15-6-11(18)1-3-19-4-2-11/h5,18H,1-4,6,14H2,(H2,15,16,17). The summed E-state index contributed by atoms with van der Waals surface area (Å²) in [5, 5.41) is 14.1. The Morgan fingerprint density at radius 3 is 2.58 bits per heavy atom. The number of hydrogen-bond donors (Lipinski definition) is 4. The van der Waals surface area contributed by atoms with Crippen LogP contribution in [0.25, 0.3) is 0 Å². The number of nitrogens with two attached hydrogens (primary N) is 1. The van der Waals surface area contributed by atoms with Crippen LogP contribution in [0.2, 0.25) is 10.0 Å². The summed E-state index contributed by atoms with van der Waals surface area (Å²) in [6.07, 6.45) is 1.15. The number of aromatic nitrogens is 1. The molecule has 6 nitrogen and oxygen atoms in total. The fourth-order valence-corrected chi connectivity index (χ4v) is 2.35. The molecule has 1 fully saturated rings. The highest BCUT2D eigenvalue weighted by molar-refractivity contribution is 6.37. The van der Waals surface area contributed by atoms with E-state index in [1.807, 2.05) is 0 Å². The lowest BCUT2D eigenvalue weighted by Crippen LogP contribution is -2.42. The van der Waals surface area contributed by atoms with Gasteiger partial charge in [-0.05, 0) is 6.07 Å². The molecule has 2 rings (SSSR count). The lowest BCUT2D eigenvalue weighted by molar-refractivity contribution is -0.0543. The average molecular weight is 307 g/mol. The largest absolute Gasteiger partial charge is 0.388 e. The molecule has 0 aromatic carbocycles. The first kappa shape index (κ1) is 14.6. The van der Waals surface area contributed by atoms with Crippen molar-refractivity contribution in [2.45, 2.75) is 18.4 Å². The summed E-state index contributed by atoms with van der Waals surface area (Å²) < 4.78 is 5.22.